The van der Waals surface area contributed by atoms with Crippen LogP contribution in [0.3, 0.4) is 0 Å². The van der Waals surface area contributed by atoms with Crippen molar-refractivity contribution in [3.05, 3.63) is 20.8 Å². The summed E-state index contributed by atoms with van der Waals surface area (Å²) in [6, 6.07) is 3.14. The molecule has 0 radical (unpaired) electrons. The molecule has 2 rings (SSSR count). The van der Waals surface area contributed by atoms with Gasteiger partial charge in [0.1, 0.15) is 0 Å². The van der Waals surface area contributed by atoms with Crippen LogP contribution < -0.4 is 5.73 Å². The van der Waals surface area contributed by atoms with Crippen LogP contribution in [0.4, 0.5) is 0 Å². The number of nitrogens with zero attached hydrogens (tertiary/aromatic N) is 1. The van der Waals surface area contributed by atoms with E-state index in [-0.39, 0.29) is 0 Å². The second-order valence-electron chi connectivity index (χ2n) is 4.34. The van der Waals surface area contributed by atoms with E-state index in [2.05, 4.69) is 39.3 Å². The largest absolute Gasteiger partial charge is 0.326 e. The summed E-state index contributed by atoms with van der Waals surface area (Å²) < 4.78 is 1.21. The number of hydrogen-bond donors (Lipinski definition) is 1. The summed E-state index contributed by atoms with van der Waals surface area (Å²) in [5.41, 5.74) is 7.47. The number of halogens is 1. The van der Waals surface area contributed by atoms with Crippen molar-refractivity contribution >= 4 is 27.3 Å². The molecule has 2 N–H and O–H groups in total. The number of hydrogen-bond acceptors (Lipinski definition) is 3. The summed E-state index contributed by atoms with van der Waals surface area (Å²) in [4.78, 5) is 2.40. The van der Waals surface area contributed by atoms with Crippen LogP contribution in [0.5, 0.6) is 0 Å². The van der Waals surface area contributed by atoms with E-state index in [0.29, 0.717) is 12.1 Å². The molecule has 0 amide bonds. The summed E-state index contributed by atoms with van der Waals surface area (Å²) in [6.45, 7) is 1.01. The third kappa shape index (κ3) is 2.81. The number of likely N-dealkylation sites (N-methyl/N-ethyl adjacent to an activating group) is 1. The zero-order valence-electron chi connectivity index (χ0n) is 8.95. The molecule has 2 atom stereocenters. The van der Waals surface area contributed by atoms with Gasteiger partial charge in [-0.2, -0.15) is 0 Å². The Hall–Kier alpha value is 0.1000. The van der Waals surface area contributed by atoms with Gasteiger partial charge < -0.3 is 5.73 Å². The van der Waals surface area contributed by atoms with Gasteiger partial charge in [-0.3, -0.25) is 4.90 Å². The summed E-state index contributed by atoms with van der Waals surface area (Å²) >= 11 is 5.24. The van der Waals surface area contributed by atoms with Crippen molar-refractivity contribution in [2.75, 3.05) is 7.05 Å². The molecule has 1 heterocycles. The molecule has 1 aliphatic rings. The van der Waals surface area contributed by atoms with E-state index in [1.165, 1.54) is 28.6 Å². The lowest BCUT2D eigenvalue weighted by Gasteiger charge is -2.27. The lowest BCUT2D eigenvalue weighted by Crippen LogP contribution is -2.41. The molecule has 1 aromatic rings. The minimum absolute atomic E-state index is 0.372. The van der Waals surface area contributed by atoms with Crippen LogP contribution >= 0.6 is 27.3 Å². The van der Waals surface area contributed by atoms with E-state index >= 15 is 0 Å². The van der Waals surface area contributed by atoms with Crippen molar-refractivity contribution in [3.63, 3.8) is 0 Å². The highest BCUT2D eigenvalue weighted by molar-refractivity contribution is 9.11. The van der Waals surface area contributed by atoms with Crippen LogP contribution in [0.1, 0.15) is 24.8 Å². The van der Waals surface area contributed by atoms with Crippen LogP contribution in [-0.4, -0.2) is 24.0 Å². The first kappa shape index (κ1) is 11.6. The molecule has 1 aromatic heterocycles. The zero-order valence-corrected chi connectivity index (χ0v) is 11.4. The highest BCUT2D eigenvalue weighted by Gasteiger charge is 2.27. The van der Waals surface area contributed by atoms with Gasteiger partial charge in [-0.1, -0.05) is 6.42 Å². The van der Waals surface area contributed by atoms with Gasteiger partial charge in [0.2, 0.25) is 0 Å². The third-order valence-electron chi connectivity index (χ3n) is 3.15. The topological polar surface area (TPSA) is 29.3 Å². The van der Waals surface area contributed by atoms with Crippen LogP contribution in [-0.2, 0) is 6.54 Å². The predicted molar refractivity (Wildman–Crippen MR) is 69.1 cm³/mol. The van der Waals surface area contributed by atoms with Crippen molar-refractivity contribution < 1.29 is 0 Å². The lowest BCUT2D eigenvalue weighted by atomic mass is 10.1. The number of nitrogens with two attached hydrogens (primary N) is 1. The van der Waals surface area contributed by atoms with Crippen LogP contribution in [0.2, 0.25) is 0 Å². The SMILES string of the molecule is CN(Cc1csc(Br)c1)C1CCCC1N. The van der Waals surface area contributed by atoms with E-state index in [1.54, 1.807) is 11.3 Å². The van der Waals surface area contributed by atoms with Gasteiger partial charge in [0.15, 0.2) is 0 Å². The maximum absolute atomic E-state index is 6.09. The highest BCUT2D eigenvalue weighted by atomic mass is 79.9. The quantitative estimate of drug-likeness (QED) is 0.927. The normalized spacial score (nSPS) is 26.4. The molecule has 1 fully saturated rings. The maximum atomic E-state index is 6.09. The molecule has 15 heavy (non-hydrogen) atoms. The van der Waals surface area contributed by atoms with Crippen molar-refractivity contribution in [3.8, 4) is 0 Å². The smallest absolute Gasteiger partial charge is 0.0701 e. The number of rotatable bonds is 3. The Morgan fingerprint density at radius 3 is 2.93 bits per heavy atom. The average Bonchev–Trinajstić information content (AvgIpc) is 2.75. The third-order valence-corrected chi connectivity index (χ3v) is 4.70. The van der Waals surface area contributed by atoms with Crippen molar-refractivity contribution in [1.82, 2.24) is 4.90 Å². The highest BCUT2D eigenvalue weighted by Crippen LogP contribution is 2.25. The van der Waals surface area contributed by atoms with Crippen LogP contribution in [0.15, 0.2) is 15.2 Å². The van der Waals surface area contributed by atoms with Gasteiger partial charge in [0.05, 0.1) is 3.79 Å². The molecule has 0 saturated heterocycles. The first-order valence-corrected chi connectivity index (χ1v) is 7.03. The minimum atomic E-state index is 0.372. The second kappa shape index (κ2) is 4.95. The minimum Gasteiger partial charge on any atom is -0.326 e. The molecule has 0 aliphatic heterocycles. The monoisotopic (exact) mass is 288 g/mol. The fraction of sp³-hybridized carbons (Fsp3) is 0.636. The van der Waals surface area contributed by atoms with Crippen LogP contribution in [0, 0.1) is 0 Å². The molecule has 4 heteroatoms. The van der Waals surface area contributed by atoms with Gasteiger partial charge >= 0.3 is 0 Å². The van der Waals surface area contributed by atoms with Crippen molar-refractivity contribution in [2.24, 2.45) is 5.73 Å². The van der Waals surface area contributed by atoms with Gasteiger partial charge in [-0.25, -0.2) is 0 Å². The fourth-order valence-electron chi connectivity index (χ4n) is 2.35. The van der Waals surface area contributed by atoms with E-state index in [4.69, 9.17) is 5.73 Å². The van der Waals surface area contributed by atoms with Crippen molar-refractivity contribution in [1.29, 1.82) is 0 Å². The Kier molecular flexibility index (Phi) is 3.83. The van der Waals surface area contributed by atoms with E-state index in [9.17, 15) is 0 Å². The predicted octanol–water partition coefficient (Wildman–Crippen LogP) is 2.82. The standard InChI is InChI=1S/C11H17BrN2S/c1-14(10-4-2-3-9(10)13)6-8-5-11(12)15-7-8/h5,7,9-10H,2-4,6,13H2,1H3. The van der Waals surface area contributed by atoms with Gasteiger partial charge in [-0.15, -0.1) is 11.3 Å². The molecule has 2 nitrogen and oxygen atoms in total. The van der Waals surface area contributed by atoms with Gasteiger partial charge in [0.25, 0.3) is 0 Å². The molecular weight excluding hydrogens is 272 g/mol. The van der Waals surface area contributed by atoms with E-state index in [1.807, 2.05) is 0 Å². The summed E-state index contributed by atoms with van der Waals surface area (Å²) in [6.07, 6.45) is 3.72. The first-order valence-electron chi connectivity index (χ1n) is 5.35. The molecular formula is C11H17BrN2S. The molecule has 2 unspecified atom stereocenters. The zero-order chi connectivity index (χ0) is 10.8. The Bertz CT molecular complexity index is 326. The Morgan fingerprint density at radius 1 is 1.60 bits per heavy atom. The second-order valence-corrected chi connectivity index (χ2v) is 6.63. The van der Waals surface area contributed by atoms with E-state index in [0.717, 1.165) is 6.54 Å². The maximum Gasteiger partial charge on any atom is 0.0701 e. The fourth-order valence-corrected chi connectivity index (χ4v) is 3.55. The lowest BCUT2D eigenvalue weighted by molar-refractivity contribution is 0.221. The molecule has 1 saturated carbocycles. The average molecular weight is 289 g/mol. The summed E-state index contributed by atoms with van der Waals surface area (Å²) in [7, 11) is 2.18. The van der Waals surface area contributed by atoms with Crippen molar-refractivity contribution in [2.45, 2.75) is 37.9 Å². The number of thiophene rings is 1. The van der Waals surface area contributed by atoms with Crippen LogP contribution in [0.25, 0.3) is 0 Å². The van der Waals surface area contributed by atoms with Gasteiger partial charge in [-0.05, 0) is 52.8 Å². The molecule has 0 aromatic carbocycles. The molecule has 0 spiro atoms. The summed E-state index contributed by atoms with van der Waals surface area (Å²) in [5.74, 6) is 0. The van der Waals surface area contributed by atoms with Gasteiger partial charge in [0, 0.05) is 18.6 Å². The Morgan fingerprint density at radius 2 is 2.40 bits per heavy atom. The first-order chi connectivity index (χ1) is 7.16. The Labute approximate surface area is 104 Å². The molecule has 1 aliphatic carbocycles. The van der Waals surface area contributed by atoms with E-state index < -0.39 is 0 Å². The molecule has 0 bridgehead atoms. The molecule has 84 valence electrons. The Balaban J connectivity index is 1.94. The summed E-state index contributed by atoms with van der Waals surface area (Å²) in [5, 5.41) is 2.21.